The Morgan fingerprint density at radius 3 is 2.54 bits per heavy atom. The van der Waals surface area contributed by atoms with Crippen molar-refractivity contribution in [2.45, 2.75) is 59.2 Å². The molecule has 0 saturated carbocycles. The summed E-state index contributed by atoms with van der Waals surface area (Å²) in [6, 6.07) is 7.03. The predicted octanol–water partition coefficient (Wildman–Crippen LogP) is 4.35. The molecule has 2 N–H and O–H groups in total. The van der Waals surface area contributed by atoms with Gasteiger partial charge in [-0.3, -0.25) is 4.99 Å². The van der Waals surface area contributed by atoms with Crippen LogP contribution in [0.2, 0.25) is 0 Å². The molecule has 8 heteroatoms. The molecular formula is C20H28F2N4O2. The van der Waals surface area contributed by atoms with E-state index in [1.165, 1.54) is 0 Å². The van der Waals surface area contributed by atoms with Gasteiger partial charge in [-0.2, -0.15) is 8.78 Å². The number of nitrogens with one attached hydrogen (secondary N) is 2. The normalized spacial score (nSPS) is 11.9. The summed E-state index contributed by atoms with van der Waals surface area (Å²) in [5.74, 6) is 1.77. The average Bonchev–Trinajstić information content (AvgIpc) is 3.13. The Labute approximate surface area is 164 Å². The topological polar surface area (TPSA) is 71.7 Å². The number of ether oxygens (including phenoxy) is 1. The number of hydrogen-bond donors (Lipinski definition) is 2. The SMILES string of the molecule is CCC(CC)c1cc(CNC(=NC)NCc2cc(C)ccc2OC(F)F)on1. The fourth-order valence-electron chi connectivity index (χ4n) is 2.94. The highest BCUT2D eigenvalue weighted by atomic mass is 19.3. The quantitative estimate of drug-likeness (QED) is 0.489. The van der Waals surface area contributed by atoms with Gasteiger partial charge in [-0.25, -0.2) is 0 Å². The number of benzene rings is 1. The first-order valence-corrected chi connectivity index (χ1v) is 9.41. The van der Waals surface area contributed by atoms with Crippen LogP contribution in [0.25, 0.3) is 0 Å². The molecule has 6 nitrogen and oxygen atoms in total. The van der Waals surface area contributed by atoms with Crippen LogP contribution in [0, 0.1) is 6.92 Å². The van der Waals surface area contributed by atoms with Crippen molar-refractivity contribution in [1.29, 1.82) is 0 Å². The van der Waals surface area contributed by atoms with Crippen LogP contribution in [-0.4, -0.2) is 24.8 Å². The number of halogens is 2. The Bertz CT molecular complexity index is 773. The lowest BCUT2D eigenvalue weighted by molar-refractivity contribution is -0.0504. The molecule has 1 heterocycles. The first-order chi connectivity index (χ1) is 13.5. The molecule has 0 fully saturated rings. The summed E-state index contributed by atoms with van der Waals surface area (Å²) in [6.07, 6.45) is 2.03. The van der Waals surface area contributed by atoms with Crippen molar-refractivity contribution in [3.05, 3.63) is 46.8 Å². The monoisotopic (exact) mass is 394 g/mol. The molecule has 0 radical (unpaired) electrons. The molecule has 0 bridgehead atoms. The van der Waals surface area contributed by atoms with E-state index in [-0.39, 0.29) is 5.75 Å². The van der Waals surface area contributed by atoms with Gasteiger partial charge in [0, 0.05) is 31.1 Å². The minimum Gasteiger partial charge on any atom is -0.434 e. The van der Waals surface area contributed by atoms with Crippen LogP contribution in [-0.2, 0) is 13.1 Å². The van der Waals surface area contributed by atoms with E-state index in [1.807, 2.05) is 13.0 Å². The van der Waals surface area contributed by atoms with Crippen LogP contribution in [0.3, 0.4) is 0 Å². The van der Waals surface area contributed by atoms with E-state index in [0.717, 1.165) is 24.1 Å². The van der Waals surface area contributed by atoms with Crippen molar-refractivity contribution < 1.29 is 18.0 Å². The predicted molar refractivity (Wildman–Crippen MR) is 105 cm³/mol. The fourth-order valence-corrected chi connectivity index (χ4v) is 2.94. The molecule has 0 atom stereocenters. The van der Waals surface area contributed by atoms with Gasteiger partial charge in [0.1, 0.15) is 5.75 Å². The molecule has 1 aromatic heterocycles. The third kappa shape index (κ3) is 6.21. The summed E-state index contributed by atoms with van der Waals surface area (Å²) < 4.78 is 35.2. The smallest absolute Gasteiger partial charge is 0.387 e. The van der Waals surface area contributed by atoms with E-state index >= 15 is 0 Å². The fraction of sp³-hybridized carbons (Fsp3) is 0.500. The van der Waals surface area contributed by atoms with Gasteiger partial charge >= 0.3 is 6.61 Å². The van der Waals surface area contributed by atoms with Gasteiger partial charge in [-0.05, 0) is 25.8 Å². The van der Waals surface area contributed by atoms with Crippen molar-refractivity contribution >= 4 is 5.96 Å². The lowest BCUT2D eigenvalue weighted by Crippen LogP contribution is -2.36. The van der Waals surface area contributed by atoms with Gasteiger partial charge in [0.25, 0.3) is 0 Å². The Morgan fingerprint density at radius 2 is 1.89 bits per heavy atom. The lowest BCUT2D eigenvalue weighted by atomic mass is 9.99. The Morgan fingerprint density at radius 1 is 1.18 bits per heavy atom. The van der Waals surface area contributed by atoms with E-state index < -0.39 is 6.61 Å². The van der Waals surface area contributed by atoms with Gasteiger partial charge < -0.3 is 19.9 Å². The molecule has 1 aromatic carbocycles. The minimum atomic E-state index is -2.87. The van der Waals surface area contributed by atoms with Crippen LogP contribution >= 0.6 is 0 Å². The third-order valence-electron chi connectivity index (χ3n) is 4.51. The lowest BCUT2D eigenvalue weighted by Gasteiger charge is -2.14. The van der Waals surface area contributed by atoms with Crippen LogP contribution < -0.4 is 15.4 Å². The summed E-state index contributed by atoms with van der Waals surface area (Å²) in [4.78, 5) is 4.15. The van der Waals surface area contributed by atoms with Gasteiger partial charge in [-0.1, -0.05) is 36.7 Å². The van der Waals surface area contributed by atoms with E-state index in [4.69, 9.17) is 4.52 Å². The van der Waals surface area contributed by atoms with Gasteiger partial charge in [0.2, 0.25) is 0 Å². The molecule has 28 heavy (non-hydrogen) atoms. The molecule has 0 aliphatic heterocycles. The molecule has 0 spiro atoms. The Kier molecular flexibility index (Phi) is 8.22. The molecule has 0 aliphatic carbocycles. The molecule has 154 valence electrons. The molecule has 2 rings (SSSR count). The Hall–Kier alpha value is -2.64. The second kappa shape index (κ2) is 10.6. The molecule has 0 saturated heterocycles. The van der Waals surface area contributed by atoms with Crippen molar-refractivity contribution in [2.24, 2.45) is 4.99 Å². The maximum Gasteiger partial charge on any atom is 0.387 e. The van der Waals surface area contributed by atoms with Crippen LogP contribution in [0.4, 0.5) is 8.78 Å². The average molecular weight is 394 g/mol. The second-order valence-corrected chi connectivity index (χ2v) is 6.50. The summed E-state index contributed by atoms with van der Waals surface area (Å²) >= 11 is 0. The number of guanidine groups is 1. The zero-order valence-electron chi connectivity index (χ0n) is 16.8. The van der Waals surface area contributed by atoms with E-state index in [1.54, 1.807) is 25.2 Å². The molecule has 0 amide bonds. The number of hydrogen-bond acceptors (Lipinski definition) is 4. The van der Waals surface area contributed by atoms with Crippen molar-refractivity contribution in [2.75, 3.05) is 7.05 Å². The molecule has 0 unspecified atom stereocenters. The molecule has 0 aliphatic rings. The zero-order valence-corrected chi connectivity index (χ0v) is 16.8. The zero-order chi connectivity index (χ0) is 20.5. The highest BCUT2D eigenvalue weighted by Gasteiger charge is 2.14. The van der Waals surface area contributed by atoms with Crippen LogP contribution in [0.5, 0.6) is 5.75 Å². The second-order valence-electron chi connectivity index (χ2n) is 6.50. The van der Waals surface area contributed by atoms with Crippen LogP contribution in [0.1, 0.15) is 55.2 Å². The number of rotatable bonds is 9. The van der Waals surface area contributed by atoms with Gasteiger partial charge in [0.15, 0.2) is 11.7 Å². The van der Waals surface area contributed by atoms with Crippen molar-refractivity contribution in [1.82, 2.24) is 15.8 Å². The van der Waals surface area contributed by atoms with Crippen molar-refractivity contribution in [3.63, 3.8) is 0 Å². The van der Waals surface area contributed by atoms with E-state index in [2.05, 4.69) is 39.4 Å². The number of nitrogens with zero attached hydrogens (tertiary/aromatic N) is 2. The number of aromatic nitrogens is 1. The summed E-state index contributed by atoms with van der Waals surface area (Å²) in [6.45, 7) is 3.99. The minimum absolute atomic E-state index is 0.147. The van der Waals surface area contributed by atoms with Crippen molar-refractivity contribution in [3.8, 4) is 5.75 Å². The van der Waals surface area contributed by atoms with Gasteiger partial charge in [-0.15, -0.1) is 0 Å². The maximum atomic E-state index is 12.6. The third-order valence-corrected chi connectivity index (χ3v) is 4.51. The standard InChI is InChI=1S/C20H28F2N4O2/c1-5-14(6-2)17-10-16(28-26-17)12-25-20(23-4)24-11-15-9-13(3)7-8-18(15)27-19(21)22/h7-10,14,19H,5-6,11-12H2,1-4H3,(H2,23,24,25). The van der Waals surface area contributed by atoms with Crippen LogP contribution in [0.15, 0.2) is 33.8 Å². The highest BCUT2D eigenvalue weighted by molar-refractivity contribution is 5.79. The first-order valence-electron chi connectivity index (χ1n) is 9.41. The van der Waals surface area contributed by atoms with Gasteiger partial charge in [0.05, 0.1) is 12.2 Å². The summed E-state index contributed by atoms with van der Waals surface area (Å²) in [5, 5.41) is 10.4. The van der Waals surface area contributed by atoms with E-state index in [9.17, 15) is 8.78 Å². The molecule has 2 aromatic rings. The number of alkyl halides is 2. The molecular weight excluding hydrogens is 366 g/mol. The van der Waals surface area contributed by atoms with E-state index in [0.29, 0.717) is 36.3 Å². The largest absolute Gasteiger partial charge is 0.434 e. The number of aliphatic imine (C=N–C) groups is 1. The first kappa shape index (κ1) is 21.7. The Balaban J connectivity index is 1.94. The number of aryl methyl sites for hydroxylation is 1. The maximum absolute atomic E-state index is 12.6. The highest BCUT2D eigenvalue weighted by Crippen LogP contribution is 2.23. The summed E-state index contributed by atoms with van der Waals surface area (Å²) in [7, 11) is 1.64. The summed E-state index contributed by atoms with van der Waals surface area (Å²) in [5.41, 5.74) is 2.54.